The predicted molar refractivity (Wildman–Crippen MR) is 132 cm³/mol. The highest BCUT2D eigenvalue weighted by molar-refractivity contribution is 7.84. The number of amides is 1. The summed E-state index contributed by atoms with van der Waals surface area (Å²) in [6.07, 6.45) is 3.73. The zero-order chi connectivity index (χ0) is 23.7. The van der Waals surface area contributed by atoms with Crippen LogP contribution in [0, 0.1) is 12.7 Å². The summed E-state index contributed by atoms with van der Waals surface area (Å²) in [5, 5.41) is 12.5. The zero-order valence-electron chi connectivity index (χ0n) is 18.6. The van der Waals surface area contributed by atoms with E-state index < -0.39 is 10.8 Å². The quantitative estimate of drug-likeness (QED) is 0.463. The van der Waals surface area contributed by atoms with Crippen LogP contribution in [-0.2, 0) is 15.6 Å². The highest BCUT2D eigenvalue weighted by Crippen LogP contribution is 2.44. The topological polar surface area (TPSA) is 66.4 Å². The Morgan fingerprint density at radius 3 is 2.42 bits per heavy atom. The molecule has 168 valence electrons. The normalized spacial score (nSPS) is 15.0. The van der Waals surface area contributed by atoms with E-state index in [0.717, 1.165) is 38.3 Å². The third-order valence-electron chi connectivity index (χ3n) is 5.80. The molecule has 3 aromatic rings. The summed E-state index contributed by atoms with van der Waals surface area (Å²) in [6, 6.07) is 16.9. The largest absolute Gasteiger partial charge is 0.508 e. The van der Waals surface area contributed by atoms with Gasteiger partial charge in [-0.1, -0.05) is 18.2 Å². The maximum Gasteiger partial charge on any atom is 0.228 e. The molecule has 1 atom stereocenters. The molecule has 0 spiro atoms. The number of hydrogen-bond acceptors (Lipinski definition) is 3. The fraction of sp³-hybridized carbons (Fsp3) is 0.148. The van der Waals surface area contributed by atoms with Crippen LogP contribution in [0.15, 0.2) is 71.1 Å². The van der Waals surface area contributed by atoms with Gasteiger partial charge in [-0.05, 0) is 101 Å². The molecule has 3 aromatic carbocycles. The van der Waals surface area contributed by atoms with Crippen LogP contribution in [0.5, 0.6) is 5.75 Å². The van der Waals surface area contributed by atoms with Crippen molar-refractivity contribution < 1.29 is 18.5 Å². The minimum absolute atomic E-state index is 0.0910. The first-order valence-electron chi connectivity index (χ1n) is 10.5. The first kappa shape index (κ1) is 22.7. The van der Waals surface area contributed by atoms with Gasteiger partial charge in [0.1, 0.15) is 11.6 Å². The van der Waals surface area contributed by atoms with Gasteiger partial charge >= 0.3 is 0 Å². The van der Waals surface area contributed by atoms with Gasteiger partial charge in [0.2, 0.25) is 5.91 Å². The smallest absolute Gasteiger partial charge is 0.228 e. The summed E-state index contributed by atoms with van der Waals surface area (Å²) in [5.41, 5.74) is 6.51. The van der Waals surface area contributed by atoms with Gasteiger partial charge in [-0.2, -0.15) is 0 Å². The molecule has 0 fully saturated rings. The Hall–Kier alpha value is -3.51. The zero-order valence-corrected chi connectivity index (χ0v) is 19.4. The van der Waals surface area contributed by atoms with Crippen LogP contribution in [0.4, 0.5) is 10.1 Å². The average molecular weight is 462 g/mol. The minimum Gasteiger partial charge on any atom is -0.508 e. The average Bonchev–Trinajstić information content (AvgIpc) is 3.01. The lowest BCUT2D eigenvalue weighted by Gasteiger charge is -2.10. The third kappa shape index (κ3) is 4.81. The lowest BCUT2D eigenvalue weighted by Crippen LogP contribution is -2.13. The van der Waals surface area contributed by atoms with Crippen molar-refractivity contribution in [3.63, 3.8) is 0 Å². The second-order valence-electron chi connectivity index (χ2n) is 8.10. The van der Waals surface area contributed by atoms with E-state index >= 15 is 0 Å². The molecule has 0 aromatic heterocycles. The number of phenols is 1. The number of phenolic OH excluding ortho intramolecular Hbond substituents is 1. The molecule has 0 heterocycles. The van der Waals surface area contributed by atoms with E-state index in [1.807, 2.05) is 37.3 Å². The molecule has 0 radical (unpaired) electrons. The van der Waals surface area contributed by atoms with Crippen LogP contribution >= 0.6 is 0 Å². The highest BCUT2D eigenvalue weighted by Gasteiger charge is 2.26. The second-order valence-corrected chi connectivity index (χ2v) is 9.48. The van der Waals surface area contributed by atoms with Crippen molar-refractivity contribution in [3.8, 4) is 5.75 Å². The van der Waals surface area contributed by atoms with E-state index in [9.17, 15) is 18.5 Å². The molecule has 1 aliphatic rings. The van der Waals surface area contributed by atoms with Crippen LogP contribution in [0.2, 0.25) is 0 Å². The molecule has 0 bridgehead atoms. The Labute approximate surface area is 194 Å². The molecule has 33 heavy (non-hydrogen) atoms. The Morgan fingerprint density at radius 1 is 1.03 bits per heavy atom. The van der Waals surface area contributed by atoms with Crippen LogP contribution in [0.1, 0.15) is 35.6 Å². The van der Waals surface area contributed by atoms with Crippen molar-refractivity contribution in [2.45, 2.75) is 25.2 Å². The Bertz CT molecular complexity index is 1340. The van der Waals surface area contributed by atoms with E-state index in [0.29, 0.717) is 11.3 Å². The van der Waals surface area contributed by atoms with Crippen LogP contribution < -0.4 is 5.32 Å². The Kier molecular flexibility index (Phi) is 6.29. The van der Waals surface area contributed by atoms with Crippen LogP contribution in [0.25, 0.3) is 17.2 Å². The fourth-order valence-electron chi connectivity index (χ4n) is 4.05. The van der Waals surface area contributed by atoms with Gasteiger partial charge in [0.15, 0.2) is 0 Å². The van der Waals surface area contributed by atoms with Gasteiger partial charge in [-0.15, -0.1) is 0 Å². The highest BCUT2D eigenvalue weighted by atomic mass is 32.2. The molecule has 1 amide bonds. The summed E-state index contributed by atoms with van der Waals surface area (Å²) >= 11 is 0. The lowest BCUT2D eigenvalue weighted by molar-refractivity contribution is -0.115. The van der Waals surface area contributed by atoms with Gasteiger partial charge in [0.05, 0.1) is 6.42 Å². The van der Waals surface area contributed by atoms with Crippen LogP contribution in [-0.4, -0.2) is 21.5 Å². The molecule has 0 saturated carbocycles. The molecule has 4 rings (SSSR count). The van der Waals surface area contributed by atoms with Gasteiger partial charge in [-0.25, -0.2) is 4.39 Å². The lowest BCUT2D eigenvalue weighted by atomic mass is 10.0. The van der Waals surface area contributed by atoms with E-state index in [4.69, 9.17) is 0 Å². The fourth-order valence-corrected chi connectivity index (χ4v) is 4.57. The number of anilines is 1. The second kappa shape index (κ2) is 9.16. The number of carbonyl (C=O) groups is 1. The molecule has 2 N–H and O–H groups in total. The minimum atomic E-state index is -1.05. The number of rotatable bonds is 5. The molecule has 1 aliphatic carbocycles. The Morgan fingerprint density at radius 2 is 1.76 bits per heavy atom. The summed E-state index contributed by atoms with van der Waals surface area (Å²) in [4.78, 5) is 13.6. The number of aromatic hydroxyl groups is 1. The van der Waals surface area contributed by atoms with E-state index in [1.165, 1.54) is 18.2 Å². The molecular weight excluding hydrogens is 437 g/mol. The number of aryl methyl sites for hydroxylation is 1. The summed E-state index contributed by atoms with van der Waals surface area (Å²) in [6.45, 7) is 3.74. The number of carbonyl (C=O) groups excluding carboxylic acids is 1. The van der Waals surface area contributed by atoms with Crippen molar-refractivity contribution in [2.24, 2.45) is 0 Å². The van der Waals surface area contributed by atoms with E-state index in [2.05, 4.69) is 5.32 Å². The molecule has 6 heteroatoms. The molecule has 4 nitrogen and oxygen atoms in total. The molecular formula is C27H24FNO3S. The van der Waals surface area contributed by atoms with Crippen molar-refractivity contribution >= 4 is 39.6 Å². The van der Waals surface area contributed by atoms with Gasteiger partial charge in [0.25, 0.3) is 0 Å². The van der Waals surface area contributed by atoms with Crippen molar-refractivity contribution in [1.29, 1.82) is 0 Å². The number of hydrogen-bond donors (Lipinski definition) is 2. The first-order valence-corrected chi connectivity index (χ1v) is 12.0. The third-order valence-corrected chi connectivity index (χ3v) is 6.73. The number of nitrogens with one attached hydrogen (secondary N) is 1. The maximum atomic E-state index is 14.1. The first-order chi connectivity index (χ1) is 15.7. The van der Waals surface area contributed by atoms with Crippen molar-refractivity contribution in [3.05, 3.63) is 94.3 Å². The summed E-state index contributed by atoms with van der Waals surface area (Å²) in [5.74, 6) is -0.438. The number of fused-ring (bicyclic) bond motifs is 1. The molecule has 0 saturated heterocycles. The number of benzene rings is 3. The van der Waals surface area contributed by atoms with E-state index in [1.54, 1.807) is 31.4 Å². The monoisotopic (exact) mass is 461 g/mol. The SMILES string of the molecule is CC1=C(CC(=O)Nc2ccc(O)cc2C)c2cc(F)ccc2/C1=C/c1ccc([S@@](C)=O)cc1. The van der Waals surface area contributed by atoms with E-state index in [-0.39, 0.29) is 23.9 Å². The van der Waals surface area contributed by atoms with Gasteiger partial charge in [0, 0.05) is 27.6 Å². The molecule has 0 aliphatic heterocycles. The Balaban J connectivity index is 1.68. The van der Waals surface area contributed by atoms with Crippen molar-refractivity contribution in [1.82, 2.24) is 0 Å². The number of allylic oxidation sites excluding steroid dienone is 2. The summed E-state index contributed by atoms with van der Waals surface area (Å²) in [7, 11) is -1.05. The standard InChI is InChI=1S/C27H24FNO3S/c1-16-12-20(30)7-11-26(16)29-27(31)15-24-17(2)23(22-10-6-19(28)14-25(22)24)13-18-4-8-21(9-5-18)33(3)32/h4-14,30H,15H2,1-3H3,(H,29,31)/b23-13+/t33-/m1/s1. The molecule has 0 unspecified atom stereocenters. The summed E-state index contributed by atoms with van der Waals surface area (Å²) < 4.78 is 25.8. The van der Waals surface area contributed by atoms with Crippen LogP contribution in [0.3, 0.4) is 0 Å². The maximum absolute atomic E-state index is 14.1. The van der Waals surface area contributed by atoms with Gasteiger partial charge < -0.3 is 10.4 Å². The van der Waals surface area contributed by atoms with Gasteiger partial charge in [-0.3, -0.25) is 9.00 Å². The number of halogens is 1. The predicted octanol–water partition coefficient (Wildman–Crippen LogP) is 5.93. The van der Waals surface area contributed by atoms with Crippen molar-refractivity contribution in [2.75, 3.05) is 11.6 Å².